The summed E-state index contributed by atoms with van der Waals surface area (Å²) in [4.78, 5) is 16.6. The van der Waals surface area contributed by atoms with E-state index < -0.39 is 0 Å². The Bertz CT molecular complexity index is 585. The van der Waals surface area contributed by atoms with Crippen LogP contribution in [0.1, 0.15) is 29.6 Å². The van der Waals surface area contributed by atoms with E-state index in [0.717, 1.165) is 16.3 Å². The Kier molecular flexibility index (Phi) is 3.83. The van der Waals surface area contributed by atoms with Crippen LogP contribution in [0.2, 0.25) is 0 Å². The van der Waals surface area contributed by atoms with Gasteiger partial charge in [-0.05, 0) is 41.7 Å². The zero-order valence-electron chi connectivity index (χ0n) is 10.8. The molecule has 98 valence electrons. The van der Waals surface area contributed by atoms with E-state index in [1.165, 1.54) is 24.3 Å². The number of hydrogen-bond donors (Lipinski definition) is 0. The lowest BCUT2D eigenvalue weighted by molar-refractivity contribution is 0.0960. The van der Waals surface area contributed by atoms with E-state index in [4.69, 9.17) is 0 Å². The first-order valence-electron chi connectivity index (χ1n) is 6.78. The lowest BCUT2D eigenvalue weighted by Crippen LogP contribution is -2.14. The van der Waals surface area contributed by atoms with Gasteiger partial charge in [0.2, 0.25) is 0 Å². The molecular weight excluding hydrogens is 254 g/mol. The van der Waals surface area contributed by atoms with Crippen molar-refractivity contribution < 1.29 is 4.79 Å². The number of nitrogens with zero attached hydrogens (tertiary/aromatic N) is 1. The molecule has 3 rings (SSSR count). The SMILES string of the molecule is O=C(CC1CCSCC1)c1cccc2ccncc12. The second kappa shape index (κ2) is 5.74. The molecule has 0 unspecified atom stereocenters. The summed E-state index contributed by atoms with van der Waals surface area (Å²) in [6, 6.07) is 7.89. The monoisotopic (exact) mass is 271 g/mol. The molecule has 1 saturated heterocycles. The Balaban J connectivity index is 1.85. The van der Waals surface area contributed by atoms with Gasteiger partial charge in [0.15, 0.2) is 5.78 Å². The lowest BCUT2D eigenvalue weighted by atomic mass is 9.92. The highest BCUT2D eigenvalue weighted by molar-refractivity contribution is 7.99. The highest BCUT2D eigenvalue weighted by Gasteiger charge is 2.19. The zero-order valence-corrected chi connectivity index (χ0v) is 11.7. The van der Waals surface area contributed by atoms with Gasteiger partial charge in [0, 0.05) is 29.8 Å². The molecule has 2 aromatic rings. The van der Waals surface area contributed by atoms with Crippen molar-refractivity contribution in [3.8, 4) is 0 Å². The number of thioether (sulfide) groups is 1. The van der Waals surface area contributed by atoms with E-state index in [2.05, 4.69) is 4.98 Å². The van der Waals surface area contributed by atoms with Crippen molar-refractivity contribution in [3.63, 3.8) is 0 Å². The van der Waals surface area contributed by atoms with Crippen LogP contribution in [0.25, 0.3) is 10.8 Å². The van der Waals surface area contributed by atoms with Crippen molar-refractivity contribution in [3.05, 3.63) is 42.2 Å². The molecule has 0 N–H and O–H groups in total. The van der Waals surface area contributed by atoms with Crippen LogP contribution in [0.15, 0.2) is 36.7 Å². The predicted octanol–water partition coefficient (Wildman–Crippen LogP) is 3.95. The molecule has 0 atom stereocenters. The largest absolute Gasteiger partial charge is 0.294 e. The van der Waals surface area contributed by atoms with Gasteiger partial charge in [-0.1, -0.05) is 18.2 Å². The molecule has 19 heavy (non-hydrogen) atoms. The number of carbonyl (C=O) groups is 1. The summed E-state index contributed by atoms with van der Waals surface area (Å²) in [6.45, 7) is 0. The Hall–Kier alpha value is -1.35. The van der Waals surface area contributed by atoms with Crippen LogP contribution >= 0.6 is 11.8 Å². The van der Waals surface area contributed by atoms with Crippen molar-refractivity contribution >= 4 is 28.3 Å². The number of Topliss-reactive ketones (excluding diaryl/α,β-unsaturated/α-hetero) is 1. The number of ketones is 1. The average molecular weight is 271 g/mol. The summed E-state index contributed by atoms with van der Waals surface area (Å²) in [6.07, 6.45) is 6.63. The van der Waals surface area contributed by atoms with E-state index in [1.54, 1.807) is 12.4 Å². The Morgan fingerprint density at radius 3 is 2.95 bits per heavy atom. The molecule has 1 aromatic heterocycles. The Labute approximate surface area is 117 Å². The van der Waals surface area contributed by atoms with Crippen molar-refractivity contribution in [1.82, 2.24) is 4.98 Å². The molecule has 0 aliphatic carbocycles. The number of pyridine rings is 1. The summed E-state index contributed by atoms with van der Waals surface area (Å²) in [5.74, 6) is 3.25. The third-order valence-electron chi connectivity index (χ3n) is 3.80. The van der Waals surface area contributed by atoms with Crippen molar-refractivity contribution in [2.45, 2.75) is 19.3 Å². The van der Waals surface area contributed by atoms with E-state index >= 15 is 0 Å². The summed E-state index contributed by atoms with van der Waals surface area (Å²) >= 11 is 2.00. The second-order valence-electron chi connectivity index (χ2n) is 5.09. The Morgan fingerprint density at radius 1 is 1.26 bits per heavy atom. The number of carbonyl (C=O) groups excluding carboxylic acids is 1. The molecule has 1 aromatic carbocycles. The predicted molar refractivity (Wildman–Crippen MR) is 80.7 cm³/mol. The van der Waals surface area contributed by atoms with Crippen LogP contribution in [-0.2, 0) is 0 Å². The number of benzene rings is 1. The smallest absolute Gasteiger partial charge is 0.163 e. The molecule has 0 amide bonds. The topological polar surface area (TPSA) is 30.0 Å². The van der Waals surface area contributed by atoms with Gasteiger partial charge in [-0.25, -0.2) is 0 Å². The molecule has 0 bridgehead atoms. The first-order valence-corrected chi connectivity index (χ1v) is 7.94. The average Bonchev–Trinajstić information content (AvgIpc) is 2.47. The quantitative estimate of drug-likeness (QED) is 0.792. The fourth-order valence-electron chi connectivity index (χ4n) is 2.68. The molecule has 1 aliphatic heterocycles. The number of aromatic nitrogens is 1. The standard InChI is InChI=1S/C16H17NOS/c18-16(10-12-5-8-19-9-6-12)14-3-1-2-13-4-7-17-11-15(13)14/h1-4,7,11-12H,5-6,8-10H2. The summed E-state index contributed by atoms with van der Waals surface area (Å²) in [5, 5.41) is 2.08. The van der Waals surface area contributed by atoms with Gasteiger partial charge in [-0.15, -0.1) is 0 Å². The first-order chi connectivity index (χ1) is 9.34. The zero-order chi connectivity index (χ0) is 13.1. The van der Waals surface area contributed by atoms with Crippen LogP contribution in [0.4, 0.5) is 0 Å². The van der Waals surface area contributed by atoms with Gasteiger partial charge in [-0.2, -0.15) is 11.8 Å². The third-order valence-corrected chi connectivity index (χ3v) is 4.85. The van der Waals surface area contributed by atoms with Gasteiger partial charge in [-0.3, -0.25) is 9.78 Å². The maximum Gasteiger partial charge on any atom is 0.163 e. The Morgan fingerprint density at radius 2 is 2.11 bits per heavy atom. The van der Waals surface area contributed by atoms with Gasteiger partial charge < -0.3 is 0 Å². The lowest BCUT2D eigenvalue weighted by Gasteiger charge is -2.20. The maximum absolute atomic E-state index is 12.5. The minimum Gasteiger partial charge on any atom is -0.294 e. The van der Waals surface area contributed by atoms with Crippen molar-refractivity contribution in [2.75, 3.05) is 11.5 Å². The van der Waals surface area contributed by atoms with Crippen LogP contribution < -0.4 is 0 Å². The summed E-state index contributed by atoms with van der Waals surface area (Å²) in [5.41, 5.74) is 0.837. The molecule has 1 aliphatic rings. The van der Waals surface area contributed by atoms with Gasteiger partial charge in [0.1, 0.15) is 0 Å². The van der Waals surface area contributed by atoms with Crippen LogP contribution in [0, 0.1) is 5.92 Å². The van der Waals surface area contributed by atoms with Gasteiger partial charge in [0.25, 0.3) is 0 Å². The van der Waals surface area contributed by atoms with E-state index in [9.17, 15) is 4.79 Å². The number of hydrogen-bond acceptors (Lipinski definition) is 3. The molecule has 0 spiro atoms. The number of rotatable bonds is 3. The van der Waals surface area contributed by atoms with E-state index in [1.807, 2.05) is 36.0 Å². The van der Waals surface area contributed by atoms with Crippen molar-refractivity contribution in [2.24, 2.45) is 5.92 Å². The molecule has 0 saturated carbocycles. The fourth-order valence-corrected chi connectivity index (χ4v) is 3.88. The number of fused-ring (bicyclic) bond motifs is 1. The van der Waals surface area contributed by atoms with Gasteiger partial charge in [0.05, 0.1) is 0 Å². The van der Waals surface area contributed by atoms with Crippen LogP contribution in [0.3, 0.4) is 0 Å². The molecule has 2 heterocycles. The van der Waals surface area contributed by atoms with E-state index in [-0.39, 0.29) is 5.78 Å². The van der Waals surface area contributed by atoms with Crippen LogP contribution in [-0.4, -0.2) is 22.3 Å². The molecule has 2 nitrogen and oxygen atoms in total. The normalized spacial score (nSPS) is 16.6. The molecule has 3 heteroatoms. The fraction of sp³-hybridized carbons (Fsp3) is 0.375. The third kappa shape index (κ3) is 2.81. The van der Waals surface area contributed by atoms with Crippen LogP contribution in [0.5, 0.6) is 0 Å². The molecule has 1 fully saturated rings. The second-order valence-corrected chi connectivity index (χ2v) is 6.31. The maximum atomic E-state index is 12.5. The van der Waals surface area contributed by atoms with Gasteiger partial charge >= 0.3 is 0 Å². The first kappa shape index (κ1) is 12.7. The highest BCUT2D eigenvalue weighted by atomic mass is 32.2. The summed E-state index contributed by atoms with van der Waals surface area (Å²) in [7, 11) is 0. The highest BCUT2D eigenvalue weighted by Crippen LogP contribution is 2.28. The molecule has 0 radical (unpaired) electrons. The van der Waals surface area contributed by atoms with Crippen molar-refractivity contribution in [1.29, 1.82) is 0 Å². The van der Waals surface area contributed by atoms with E-state index in [0.29, 0.717) is 12.3 Å². The minimum absolute atomic E-state index is 0.274. The summed E-state index contributed by atoms with van der Waals surface area (Å²) < 4.78 is 0. The minimum atomic E-state index is 0.274. The molecular formula is C16H17NOS.